The van der Waals surface area contributed by atoms with E-state index in [4.69, 9.17) is 4.74 Å². The molecule has 4 rings (SSSR count). The third-order valence-electron chi connectivity index (χ3n) is 4.78. The Morgan fingerprint density at radius 2 is 1.94 bits per heavy atom. The fraction of sp³-hybridized carbons (Fsp3) is 0.333. The lowest BCUT2D eigenvalue weighted by atomic mass is 10.3. The van der Waals surface area contributed by atoms with E-state index in [2.05, 4.69) is 9.88 Å². The molecule has 0 saturated carbocycles. The first-order valence-corrected chi connectivity index (χ1v) is 11.4. The summed E-state index contributed by atoms with van der Waals surface area (Å²) in [5.41, 5.74) is 0.0938. The van der Waals surface area contributed by atoms with Crippen LogP contribution >= 0.6 is 35.5 Å². The molecule has 0 radical (unpaired) electrons. The first-order valence-electron chi connectivity index (χ1n) is 9.64. The number of thioether (sulfide) groups is 1. The zero-order valence-electron chi connectivity index (χ0n) is 16.6. The van der Waals surface area contributed by atoms with Gasteiger partial charge in [0.25, 0.3) is 0 Å². The molecule has 3 aromatic rings. The predicted molar refractivity (Wildman–Crippen MR) is 124 cm³/mol. The van der Waals surface area contributed by atoms with E-state index in [1.165, 1.54) is 17.8 Å². The molecule has 31 heavy (non-hydrogen) atoms. The summed E-state index contributed by atoms with van der Waals surface area (Å²) in [4.78, 5) is 22.2. The molecular formula is C21H22ClF2N3O2S2. The second-order valence-electron chi connectivity index (χ2n) is 6.83. The van der Waals surface area contributed by atoms with Gasteiger partial charge in [-0.3, -0.25) is 14.6 Å². The lowest BCUT2D eigenvalue weighted by Crippen LogP contribution is -2.43. The highest BCUT2D eigenvalue weighted by Crippen LogP contribution is 2.32. The van der Waals surface area contributed by atoms with E-state index in [0.29, 0.717) is 36.1 Å². The van der Waals surface area contributed by atoms with Crippen molar-refractivity contribution in [2.24, 2.45) is 0 Å². The molecule has 1 aliphatic heterocycles. The van der Waals surface area contributed by atoms with Gasteiger partial charge in [0.05, 0.1) is 23.7 Å². The Hall–Kier alpha value is -1.78. The van der Waals surface area contributed by atoms with Crippen molar-refractivity contribution in [3.63, 3.8) is 0 Å². The van der Waals surface area contributed by atoms with Crippen molar-refractivity contribution in [3.05, 3.63) is 54.1 Å². The van der Waals surface area contributed by atoms with Gasteiger partial charge < -0.3 is 4.74 Å². The average Bonchev–Trinajstić information content (AvgIpc) is 3.18. The largest absolute Gasteiger partial charge is 0.379 e. The Labute approximate surface area is 193 Å². The highest BCUT2D eigenvalue weighted by Gasteiger charge is 2.23. The van der Waals surface area contributed by atoms with Gasteiger partial charge in [0.15, 0.2) is 10.9 Å². The number of morpholine rings is 1. The van der Waals surface area contributed by atoms with Gasteiger partial charge in [-0.1, -0.05) is 29.5 Å². The standard InChI is InChI=1S/C21H21F2N3O2S2.ClH/c22-15-12-17(23)20-18(13-15)30-21(24-20)26(7-6-25-8-10-28-11-9-25)19(27)14-29-16-4-2-1-3-5-16;/h1-5,12-13H,6-11,14H2;1H. The Morgan fingerprint density at radius 3 is 2.68 bits per heavy atom. The van der Waals surface area contributed by atoms with E-state index >= 15 is 0 Å². The van der Waals surface area contributed by atoms with Gasteiger partial charge in [0.1, 0.15) is 11.3 Å². The molecule has 166 valence electrons. The lowest BCUT2D eigenvalue weighted by molar-refractivity contribution is -0.116. The van der Waals surface area contributed by atoms with Gasteiger partial charge >= 0.3 is 0 Å². The molecule has 0 spiro atoms. The van der Waals surface area contributed by atoms with Crippen molar-refractivity contribution in [2.45, 2.75) is 4.90 Å². The maximum Gasteiger partial charge on any atom is 0.239 e. The first kappa shape index (κ1) is 23.9. The van der Waals surface area contributed by atoms with Gasteiger partial charge in [0.2, 0.25) is 5.91 Å². The summed E-state index contributed by atoms with van der Waals surface area (Å²) in [5.74, 6) is -1.25. The minimum absolute atomic E-state index is 0. The number of fused-ring (bicyclic) bond motifs is 1. The van der Waals surface area contributed by atoms with Gasteiger partial charge in [0, 0.05) is 37.1 Å². The Balaban J connectivity index is 0.00000272. The maximum absolute atomic E-state index is 14.1. The molecule has 0 aliphatic carbocycles. The SMILES string of the molecule is Cl.O=C(CSc1ccccc1)N(CCN1CCOCC1)c1nc2c(F)cc(F)cc2s1. The molecule has 1 aliphatic rings. The topological polar surface area (TPSA) is 45.7 Å². The van der Waals surface area contributed by atoms with Crippen molar-refractivity contribution in [1.82, 2.24) is 9.88 Å². The third-order valence-corrected chi connectivity index (χ3v) is 6.81. The number of aromatic nitrogens is 1. The molecule has 0 N–H and O–H groups in total. The van der Waals surface area contributed by atoms with Crippen molar-refractivity contribution >= 4 is 56.8 Å². The summed E-state index contributed by atoms with van der Waals surface area (Å²) < 4.78 is 33.5. The fourth-order valence-electron chi connectivity index (χ4n) is 3.19. The maximum atomic E-state index is 14.1. The van der Waals surface area contributed by atoms with Gasteiger partial charge in [-0.15, -0.1) is 24.2 Å². The Morgan fingerprint density at radius 1 is 1.19 bits per heavy atom. The summed E-state index contributed by atoms with van der Waals surface area (Å²) in [5, 5.41) is 0.390. The number of hydrogen-bond donors (Lipinski definition) is 0. The van der Waals surface area contributed by atoms with E-state index in [0.717, 1.165) is 35.4 Å². The van der Waals surface area contributed by atoms with E-state index in [1.807, 2.05) is 30.3 Å². The normalized spacial score (nSPS) is 14.4. The predicted octanol–water partition coefficient (Wildman–Crippen LogP) is 4.45. The summed E-state index contributed by atoms with van der Waals surface area (Å²) in [7, 11) is 0. The Bertz CT molecular complexity index is 1020. The first-order chi connectivity index (χ1) is 14.6. The minimum atomic E-state index is -0.716. The molecule has 1 amide bonds. The van der Waals surface area contributed by atoms with Crippen LogP contribution in [0.25, 0.3) is 10.2 Å². The highest BCUT2D eigenvalue weighted by atomic mass is 35.5. The highest BCUT2D eigenvalue weighted by molar-refractivity contribution is 8.00. The number of carbonyl (C=O) groups is 1. The van der Waals surface area contributed by atoms with Gasteiger partial charge in [-0.05, 0) is 18.2 Å². The lowest BCUT2D eigenvalue weighted by Gasteiger charge is -2.29. The van der Waals surface area contributed by atoms with E-state index < -0.39 is 11.6 Å². The van der Waals surface area contributed by atoms with Crippen LogP contribution in [0, 0.1) is 11.6 Å². The van der Waals surface area contributed by atoms with Crippen molar-refractivity contribution in [1.29, 1.82) is 0 Å². The van der Waals surface area contributed by atoms with Crippen LogP contribution < -0.4 is 4.90 Å². The van der Waals surface area contributed by atoms with E-state index in [1.54, 1.807) is 4.90 Å². The van der Waals surface area contributed by atoms with Crippen LogP contribution in [0.2, 0.25) is 0 Å². The second kappa shape index (κ2) is 11.2. The van der Waals surface area contributed by atoms with Gasteiger partial charge in [-0.2, -0.15) is 0 Å². The van der Waals surface area contributed by atoms with Crippen LogP contribution in [0.15, 0.2) is 47.4 Å². The number of nitrogens with zero attached hydrogens (tertiary/aromatic N) is 3. The van der Waals surface area contributed by atoms with Crippen LogP contribution in [0.3, 0.4) is 0 Å². The quantitative estimate of drug-likeness (QED) is 0.462. The molecule has 0 atom stereocenters. The average molecular weight is 486 g/mol. The number of hydrogen-bond acceptors (Lipinski definition) is 6. The summed E-state index contributed by atoms with van der Waals surface area (Å²) >= 11 is 2.58. The summed E-state index contributed by atoms with van der Waals surface area (Å²) in [6, 6.07) is 11.7. The summed E-state index contributed by atoms with van der Waals surface area (Å²) in [6.07, 6.45) is 0. The van der Waals surface area contributed by atoms with Crippen molar-refractivity contribution in [3.8, 4) is 0 Å². The monoisotopic (exact) mass is 485 g/mol. The second-order valence-corrected chi connectivity index (χ2v) is 8.89. The Kier molecular flexibility index (Phi) is 8.62. The molecular weight excluding hydrogens is 464 g/mol. The molecule has 1 fully saturated rings. The molecule has 1 aromatic heterocycles. The molecule has 0 bridgehead atoms. The number of amides is 1. The van der Waals surface area contributed by atoms with Crippen LogP contribution in [0.4, 0.5) is 13.9 Å². The number of rotatable bonds is 7. The smallest absolute Gasteiger partial charge is 0.239 e. The minimum Gasteiger partial charge on any atom is -0.379 e. The van der Waals surface area contributed by atoms with Crippen molar-refractivity contribution < 1.29 is 18.3 Å². The number of halogens is 3. The number of thiazole rings is 1. The molecule has 10 heteroatoms. The van der Waals surface area contributed by atoms with Crippen LogP contribution in [0.1, 0.15) is 0 Å². The number of carbonyl (C=O) groups excluding carboxylic acids is 1. The number of benzene rings is 2. The molecule has 2 aromatic carbocycles. The van der Waals surface area contributed by atoms with Gasteiger partial charge in [-0.25, -0.2) is 13.8 Å². The summed E-state index contributed by atoms with van der Waals surface area (Å²) in [6.45, 7) is 4.05. The molecule has 1 saturated heterocycles. The molecule has 0 unspecified atom stereocenters. The van der Waals surface area contributed by atoms with Crippen LogP contribution in [-0.4, -0.2) is 60.9 Å². The van der Waals surface area contributed by atoms with E-state index in [-0.39, 0.29) is 29.6 Å². The zero-order valence-corrected chi connectivity index (χ0v) is 19.1. The van der Waals surface area contributed by atoms with Crippen LogP contribution in [-0.2, 0) is 9.53 Å². The third kappa shape index (κ3) is 6.14. The zero-order chi connectivity index (χ0) is 20.9. The number of ether oxygens (including phenoxy) is 1. The molecule has 2 heterocycles. The molecule has 5 nitrogen and oxygen atoms in total. The van der Waals surface area contributed by atoms with E-state index in [9.17, 15) is 13.6 Å². The van der Waals surface area contributed by atoms with Crippen LogP contribution in [0.5, 0.6) is 0 Å². The number of anilines is 1. The fourth-order valence-corrected chi connectivity index (χ4v) is 5.04. The van der Waals surface area contributed by atoms with Crippen molar-refractivity contribution in [2.75, 3.05) is 50.0 Å².